The van der Waals surface area contributed by atoms with Crippen molar-refractivity contribution in [2.24, 2.45) is 11.8 Å². The van der Waals surface area contributed by atoms with E-state index in [4.69, 9.17) is 21.0 Å². The minimum absolute atomic E-state index is 0.524. The summed E-state index contributed by atoms with van der Waals surface area (Å²) in [6.07, 6.45) is 2.48. The summed E-state index contributed by atoms with van der Waals surface area (Å²) in [6, 6.07) is 7.51. The average molecular weight is 186 g/mol. The third kappa shape index (κ3) is 4.76. The molecule has 0 N–H and O–H groups in total. The Morgan fingerprint density at radius 1 is 0.643 bits per heavy atom. The summed E-state index contributed by atoms with van der Waals surface area (Å²) in [5, 5.41) is 33.8. The zero-order valence-electron chi connectivity index (χ0n) is 7.77. The number of nitrogens with zero attached hydrogens (tertiary/aromatic N) is 4. The molecule has 0 spiro atoms. The molecular formula is C10H10N4. The van der Waals surface area contributed by atoms with E-state index in [1.165, 1.54) is 0 Å². The summed E-state index contributed by atoms with van der Waals surface area (Å²) >= 11 is 0. The first-order chi connectivity index (χ1) is 6.78. The predicted molar refractivity (Wildman–Crippen MR) is 47.9 cm³/mol. The van der Waals surface area contributed by atoms with Gasteiger partial charge in [-0.25, -0.2) is 0 Å². The second-order valence-electron chi connectivity index (χ2n) is 2.91. The Bertz CT molecular complexity index is 258. The molecule has 0 radical (unpaired) electrons. The van der Waals surface area contributed by atoms with Crippen LogP contribution in [0.4, 0.5) is 0 Å². The summed E-state index contributed by atoms with van der Waals surface area (Å²) in [5.41, 5.74) is 0. The fourth-order valence-corrected chi connectivity index (χ4v) is 1.01. The van der Waals surface area contributed by atoms with Crippen molar-refractivity contribution in [2.45, 2.75) is 25.7 Å². The Labute approximate surface area is 83.6 Å². The summed E-state index contributed by atoms with van der Waals surface area (Å²) < 4.78 is 0. The zero-order valence-corrected chi connectivity index (χ0v) is 7.77. The van der Waals surface area contributed by atoms with Gasteiger partial charge in [0, 0.05) is 0 Å². The van der Waals surface area contributed by atoms with Crippen LogP contribution in [-0.2, 0) is 0 Å². The summed E-state index contributed by atoms with van der Waals surface area (Å²) in [7, 11) is 0. The van der Waals surface area contributed by atoms with E-state index >= 15 is 0 Å². The van der Waals surface area contributed by atoms with Crippen LogP contribution in [0, 0.1) is 57.2 Å². The highest BCUT2D eigenvalue weighted by molar-refractivity contribution is 5.00. The van der Waals surface area contributed by atoms with E-state index < -0.39 is 11.8 Å². The SMILES string of the molecule is N#CC(C#N)CCCCC(C#N)C#N. The van der Waals surface area contributed by atoms with Gasteiger partial charge >= 0.3 is 0 Å². The molecule has 0 unspecified atom stereocenters. The van der Waals surface area contributed by atoms with E-state index in [-0.39, 0.29) is 0 Å². The van der Waals surface area contributed by atoms with Crippen LogP contribution < -0.4 is 0 Å². The third-order valence-corrected chi connectivity index (χ3v) is 1.86. The highest BCUT2D eigenvalue weighted by atomic mass is 14.3. The van der Waals surface area contributed by atoms with Gasteiger partial charge in [0.05, 0.1) is 24.3 Å². The first-order valence-corrected chi connectivity index (χ1v) is 4.37. The molecule has 0 amide bonds. The number of nitriles is 4. The molecule has 0 aliphatic heterocycles. The van der Waals surface area contributed by atoms with Crippen molar-refractivity contribution in [2.75, 3.05) is 0 Å². The van der Waals surface area contributed by atoms with Crippen LogP contribution >= 0.6 is 0 Å². The van der Waals surface area contributed by atoms with Gasteiger partial charge in [0.25, 0.3) is 0 Å². The van der Waals surface area contributed by atoms with Crippen LogP contribution in [0.5, 0.6) is 0 Å². The molecule has 0 atom stereocenters. The number of rotatable bonds is 5. The molecule has 4 nitrogen and oxygen atoms in total. The van der Waals surface area contributed by atoms with Gasteiger partial charge in [0.15, 0.2) is 0 Å². The van der Waals surface area contributed by atoms with E-state index in [0.717, 1.165) is 0 Å². The number of hydrogen-bond acceptors (Lipinski definition) is 4. The molecule has 70 valence electrons. The van der Waals surface area contributed by atoms with Crippen LogP contribution in [0.3, 0.4) is 0 Å². The average Bonchev–Trinajstić information content (AvgIpc) is 2.24. The predicted octanol–water partition coefficient (Wildman–Crippen LogP) is 1.87. The van der Waals surface area contributed by atoms with Crippen molar-refractivity contribution >= 4 is 0 Å². The van der Waals surface area contributed by atoms with Gasteiger partial charge < -0.3 is 0 Å². The number of unbranched alkanes of at least 4 members (excludes halogenated alkanes) is 1. The van der Waals surface area contributed by atoms with E-state index in [1.54, 1.807) is 0 Å². The van der Waals surface area contributed by atoms with E-state index in [9.17, 15) is 0 Å². The van der Waals surface area contributed by atoms with E-state index in [0.29, 0.717) is 25.7 Å². The van der Waals surface area contributed by atoms with Crippen LogP contribution in [0.25, 0.3) is 0 Å². The lowest BCUT2D eigenvalue weighted by Gasteiger charge is -2.00. The van der Waals surface area contributed by atoms with Crippen molar-refractivity contribution < 1.29 is 0 Å². The molecule has 0 aliphatic rings. The van der Waals surface area contributed by atoms with Crippen LogP contribution in [0.2, 0.25) is 0 Å². The van der Waals surface area contributed by atoms with Crippen LogP contribution in [-0.4, -0.2) is 0 Å². The van der Waals surface area contributed by atoms with E-state index in [1.807, 2.05) is 24.3 Å². The standard InChI is InChI=1S/C10H10N4/c11-5-9(6-12)3-1-2-4-10(7-13)8-14/h9-10H,1-4H2. The Kier molecular flexibility index (Phi) is 6.49. The molecule has 0 aliphatic carbocycles. The van der Waals surface area contributed by atoms with Crippen LogP contribution in [0.1, 0.15) is 25.7 Å². The highest BCUT2D eigenvalue weighted by Crippen LogP contribution is 2.11. The number of hydrogen-bond donors (Lipinski definition) is 0. The lowest BCUT2D eigenvalue weighted by Crippen LogP contribution is -1.96. The Hall–Kier alpha value is -2.04. The summed E-state index contributed by atoms with van der Waals surface area (Å²) in [5.74, 6) is -1.12. The summed E-state index contributed by atoms with van der Waals surface area (Å²) in [4.78, 5) is 0. The van der Waals surface area contributed by atoms with Crippen LogP contribution in [0.15, 0.2) is 0 Å². The van der Waals surface area contributed by atoms with Crippen molar-refractivity contribution in [1.82, 2.24) is 0 Å². The molecule has 0 saturated carbocycles. The first kappa shape index (κ1) is 12.0. The molecule has 0 saturated heterocycles. The molecule has 0 aromatic rings. The lowest BCUT2D eigenvalue weighted by molar-refractivity contribution is 0.581. The molecule has 0 heterocycles. The molecule has 0 aromatic carbocycles. The van der Waals surface area contributed by atoms with Crippen molar-refractivity contribution in [3.8, 4) is 24.3 Å². The fourth-order valence-electron chi connectivity index (χ4n) is 1.01. The van der Waals surface area contributed by atoms with Gasteiger partial charge in [-0.15, -0.1) is 0 Å². The van der Waals surface area contributed by atoms with E-state index in [2.05, 4.69) is 0 Å². The van der Waals surface area contributed by atoms with Crippen molar-refractivity contribution in [3.05, 3.63) is 0 Å². The Morgan fingerprint density at radius 2 is 0.929 bits per heavy atom. The molecule has 4 heteroatoms. The normalized spacial score (nSPS) is 8.71. The first-order valence-electron chi connectivity index (χ1n) is 4.37. The molecular weight excluding hydrogens is 176 g/mol. The Morgan fingerprint density at radius 3 is 1.14 bits per heavy atom. The van der Waals surface area contributed by atoms with Crippen molar-refractivity contribution in [3.63, 3.8) is 0 Å². The summed E-state index contributed by atoms with van der Waals surface area (Å²) in [6.45, 7) is 0. The third-order valence-electron chi connectivity index (χ3n) is 1.86. The highest BCUT2D eigenvalue weighted by Gasteiger charge is 2.07. The minimum atomic E-state index is -0.558. The second kappa shape index (κ2) is 7.60. The maximum absolute atomic E-state index is 8.45. The monoisotopic (exact) mass is 186 g/mol. The molecule has 14 heavy (non-hydrogen) atoms. The quantitative estimate of drug-likeness (QED) is 0.612. The minimum Gasteiger partial charge on any atom is -0.197 e. The van der Waals surface area contributed by atoms with Gasteiger partial charge in [-0.1, -0.05) is 12.8 Å². The largest absolute Gasteiger partial charge is 0.197 e. The van der Waals surface area contributed by atoms with Crippen molar-refractivity contribution in [1.29, 1.82) is 21.0 Å². The van der Waals surface area contributed by atoms with Gasteiger partial charge in [0.2, 0.25) is 0 Å². The zero-order chi connectivity index (χ0) is 10.8. The Balaban J connectivity index is 3.60. The van der Waals surface area contributed by atoms with Gasteiger partial charge in [0.1, 0.15) is 11.8 Å². The smallest absolute Gasteiger partial charge is 0.133 e. The maximum atomic E-state index is 8.45. The molecule has 0 aromatic heterocycles. The lowest BCUT2D eigenvalue weighted by atomic mass is 10.00. The molecule has 0 rings (SSSR count). The topological polar surface area (TPSA) is 95.2 Å². The van der Waals surface area contributed by atoms with Gasteiger partial charge in [-0.2, -0.15) is 21.0 Å². The molecule has 0 bridgehead atoms. The van der Waals surface area contributed by atoms with Gasteiger partial charge in [-0.3, -0.25) is 0 Å². The maximum Gasteiger partial charge on any atom is 0.133 e. The second-order valence-corrected chi connectivity index (χ2v) is 2.91. The molecule has 0 fully saturated rings. The fraction of sp³-hybridized carbons (Fsp3) is 0.600. The van der Waals surface area contributed by atoms with Gasteiger partial charge in [-0.05, 0) is 12.8 Å².